The minimum absolute atomic E-state index is 0.00245. The number of carboxylic acid groups (broad SMARTS) is 1. The molecule has 0 bridgehead atoms. The number of carbonyl (C=O) groups excluding carboxylic acids is 1. The van der Waals surface area contributed by atoms with Crippen LogP contribution in [-0.4, -0.2) is 23.0 Å². The van der Waals surface area contributed by atoms with Crippen LogP contribution in [0.3, 0.4) is 0 Å². The second-order valence-corrected chi connectivity index (χ2v) is 2.94. The zero-order valence-electron chi connectivity index (χ0n) is 6.33. The summed E-state index contributed by atoms with van der Waals surface area (Å²) in [6.45, 7) is 1.81. The number of piperidine rings is 1. The molecule has 1 aliphatic rings. The number of rotatable bonds is 1. The van der Waals surface area contributed by atoms with Crippen LogP contribution in [0.4, 0.5) is 0 Å². The van der Waals surface area contributed by atoms with E-state index in [1.165, 1.54) is 0 Å². The molecule has 1 heterocycles. The average molecular weight is 157 g/mol. The molecule has 11 heavy (non-hydrogen) atoms. The van der Waals surface area contributed by atoms with Crippen LogP contribution in [0.5, 0.6) is 0 Å². The fourth-order valence-electron chi connectivity index (χ4n) is 1.31. The van der Waals surface area contributed by atoms with Crippen molar-refractivity contribution in [2.45, 2.75) is 25.8 Å². The normalized spacial score (nSPS) is 31.2. The average Bonchev–Trinajstić information content (AvgIpc) is 1.85. The quantitative estimate of drug-likeness (QED) is 0.562. The third kappa shape index (κ3) is 1.93. The zero-order chi connectivity index (χ0) is 8.43. The van der Waals surface area contributed by atoms with Crippen molar-refractivity contribution in [1.29, 1.82) is 0 Å². The van der Waals surface area contributed by atoms with E-state index in [0.29, 0.717) is 6.42 Å². The number of hydrogen-bond donors (Lipinski definition) is 2. The van der Waals surface area contributed by atoms with E-state index in [-0.39, 0.29) is 18.4 Å². The topological polar surface area (TPSA) is 66.4 Å². The summed E-state index contributed by atoms with van der Waals surface area (Å²) in [4.78, 5) is 21.3. The monoisotopic (exact) mass is 157 g/mol. The van der Waals surface area contributed by atoms with Crippen LogP contribution < -0.4 is 5.32 Å². The summed E-state index contributed by atoms with van der Waals surface area (Å²) >= 11 is 0. The maximum absolute atomic E-state index is 10.8. The van der Waals surface area contributed by atoms with Crippen molar-refractivity contribution in [2.24, 2.45) is 5.92 Å². The molecule has 1 aliphatic heterocycles. The van der Waals surface area contributed by atoms with Crippen molar-refractivity contribution in [1.82, 2.24) is 5.32 Å². The predicted octanol–water partition coefficient (Wildman–Crippen LogP) is -0.0143. The van der Waals surface area contributed by atoms with Gasteiger partial charge in [0.05, 0.1) is 5.92 Å². The molecule has 0 aromatic rings. The fourth-order valence-corrected chi connectivity index (χ4v) is 1.31. The maximum Gasteiger partial charge on any atom is 0.307 e. The summed E-state index contributed by atoms with van der Waals surface area (Å²) in [5, 5.41) is 11.3. The van der Waals surface area contributed by atoms with Crippen molar-refractivity contribution in [3.8, 4) is 0 Å². The minimum Gasteiger partial charge on any atom is -0.481 e. The molecule has 1 rings (SSSR count). The molecule has 62 valence electrons. The molecule has 4 nitrogen and oxygen atoms in total. The van der Waals surface area contributed by atoms with Crippen molar-refractivity contribution in [3.63, 3.8) is 0 Å². The van der Waals surface area contributed by atoms with Crippen molar-refractivity contribution in [3.05, 3.63) is 0 Å². The molecule has 1 saturated heterocycles. The van der Waals surface area contributed by atoms with Crippen LogP contribution in [0.25, 0.3) is 0 Å². The number of nitrogens with one attached hydrogen (secondary N) is 1. The highest BCUT2D eigenvalue weighted by Crippen LogP contribution is 2.16. The first-order valence-electron chi connectivity index (χ1n) is 3.61. The molecular weight excluding hydrogens is 146 g/mol. The summed E-state index contributed by atoms with van der Waals surface area (Å²) in [7, 11) is 0. The lowest BCUT2D eigenvalue weighted by molar-refractivity contribution is -0.146. The summed E-state index contributed by atoms with van der Waals surface area (Å²) in [5.74, 6) is -1.51. The largest absolute Gasteiger partial charge is 0.481 e. The van der Waals surface area contributed by atoms with E-state index in [1.54, 1.807) is 0 Å². The highest BCUT2D eigenvalue weighted by molar-refractivity contribution is 5.83. The lowest BCUT2D eigenvalue weighted by atomic mass is 9.93. The Morgan fingerprint density at radius 1 is 1.73 bits per heavy atom. The first-order valence-corrected chi connectivity index (χ1v) is 3.61. The van der Waals surface area contributed by atoms with Crippen LogP contribution >= 0.6 is 0 Å². The van der Waals surface area contributed by atoms with E-state index < -0.39 is 11.9 Å². The number of carboxylic acids is 1. The third-order valence-corrected chi connectivity index (χ3v) is 1.83. The Morgan fingerprint density at radius 3 is 2.82 bits per heavy atom. The molecular formula is C7H11NO3. The van der Waals surface area contributed by atoms with Gasteiger partial charge in [0.25, 0.3) is 0 Å². The molecule has 0 radical (unpaired) electrons. The Labute approximate surface area is 64.6 Å². The molecule has 0 aromatic carbocycles. The van der Waals surface area contributed by atoms with Crippen molar-refractivity contribution in [2.75, 3.05) is 0 Å². The molecule has 2 atom stereocenters. The number of amides is 1. The maximum atomic E-state index is 10.8. The van der Waals surface area contributed by atoms with Gasteiger partial charge in [0.2, 0.25) is 5.91 Å². The lowest BCUT2D eigenvalue weighted by Crippen LogP contribution is -2.42. The first kappa shape index (κ1) is 8.04. The van der Waals surface area contributed by atoms with Crippen LogP contribution in [0.1, 0.15) is 19.8 Å². The summed E-state index contributed by atoms with van der Waals surface area (Å²) in [6, 6.07) is -0.00245. The van der Waals surface area contributed by atoms with E-state index in [1.807, 2.05) is 6.92 Å². The summed E-state index contributed by atoms with van der Waals surface area (Å²) in [6.07, 6.45) is 0.667. The van der Waals surface area contributed by atoms with E-state index in [4.69, 9.17) is 5.11 Å². The Kier molecular flexibility index (Phi) is 2.12. The van der Waals surface area contributed by atoms with Gasteiger partial charge in [-0.15, -0.1) is 0 Å². The number of aliphatic carboxylic acids is 1. The predicted molar refractivity (Wildman–Crippen MR) is 38.0 cm³/mol. The van der Waals surface area contributed by atoms with Crippen LogP contribution in [0, 0.1) is 5.92 Å². The smallest absolute Gasteiger partial charge is 0.307 e. The Bertz CT molecular complexity index is 190. The van der Waals surface area contributed by atoms with Gasteiger partial charge in [0, 0.05) is 12.5 Å². The molecule has 0 unspecified atom stereocenters. The standard InChI is InChI=1S/C7H11NO3/c1-4-2-5(7(10)11)3-6(9)8-4/h4-5H,2-3H2,1H3,(H,8,9)(H,10,11)/t4-,5-/m0/s1. The Hall–Kier alpha value is -1.06. The third-order valence-electron chi connectivity index (χ3n) is 1.83. The molecule has 0 saturated carbocycles. The molecule has 0 aliphatic carbocycles. The first-order chi connectivity index (χ1) is 5.09. The molecule has 0 spiro atoms. The lowest BCUT2D eigenvalue weighted by Gasteiger charge is -2.24. The van der Waals surface area contributed by atoms with E-state index >= 15 is 0 Å². The van der Waals surface area contributed by atoms with Gasteiger partial charge in [0.1, 0.15) is 0 Å². The summed E-state index contributed by atoms with van der Waals surface area (Å²) in [5.41, 5.74) is 0. The van der Waals surface area contributed by atoms with Gasteiger partial charge < -0.3 is 10.4 Å². The molecule has 2 N–H and O–H groups in total. The highest BCUT2D eigenvalue weighted by Gasteiger charge is 2.28. The van der Waals surface area contributed by atoms with Gasteiger partial charge in [-0.05, 0) is 13.3 Å². The van der Waals surface area contributed by atoms with Crippen LogP contribution in [0.15, 0.2) is 0 Å². The van der Waals surface area contributed by atoms with Gasteiger partial charge in [0.15, 0.2) is 0 Å². The van der Waals surface area contributed by atoms with E-state index in [0.717, 1.165) is 0 Å². The van der Waals surface area contributed by atoms with E-state index in [2.05, 4.69) is 5.32 Å². The Balaban J connectivity index is 2.56. The second kappa shape index (κ2) is 2.90. The second-order valence-electron chi connectivity index (χ2n) is 2.94. The molecule has 1 amide bonds. The molecule has 4 heteroatoms. The summed E-state index contributed by atoms with van der Waals surface area (Å²) < 4.78 is 0. The van der Waals surface area contributed by atoms with Gasteiger partial charge in [-0.25, -0.2) is 0 Å². The van der Waals surface area contributed by atoms with Crippen LogP contribution in [0.2, 0.25) is 0 Å². The fraction of sp³-hybridized carbons (Fsp3) is 0.714. The van der Waals surface area contributed by atoms with Crippen LogP contribution in [-0.2, 0) is 9.59 Å². The SMILES string of the molecule is C[C@H]1C[C@H](C(=O)O)CC(=O)N1. The zero-order valence-corrected chi connectivity index (χ0v) is 6.33. The highest BCUT2D eigenvalue weighted by atomic mass is 16.4. The van der Waals surface area contributed by atoms with Gasteiger partial charge in [-0.1, -0.05) is 0 Å². The van der Waals surface area contributed by atoms with E-state index in [9.17, 15) is 9.59 Å². The number of carbonyl (C=O) groups is 2. The number of hydrogen-bond acceptors (Lipinski definition) is 2. The van der Waals surface area contributed by atoms with Crippen molar-refractivity contribution >= 4 is 11.9 Å². The van der Waals surface area contributed by atoms with Crippen molar-refractivity contribution < 1.29 is 14.7 Å². The van der Waals surface area contributed by atoms with Gasteiger partial charge in [-0.2, -0.15) is 0 Å². The molecule has 1 fully saturated rings. The van der Waals surface area contributed by atoms with Gasteiger partial charge in [-0.3, -0.25) is 9.59 Å². The molecule has 0 aromatic heterocycles. The minimum atomic E-state index is -0.869. The van der Waals surface area contributed by atoms with Gasteiger partial charge >= 0.3 is 5.97 Å². The Morgan fingerprint density at radius 2 is 2.36 bits per heavy atom.